The average Bonchev–Trinajstić information content (AvgIpc) is 2.59. The largest absolute Gasteiger partial charge is 0.496 e. The molecule has 0 aliphatic rings. The van der Waals surface area contributed by atoms with Crippen LogP contribution in [0.25, 0.3) is 0 Å². The molecule has 0 heterocycles. The quantitative estimate of drug-likeness (QED) is 0.735. The Hall–Kier alpha value is -1.91. The Bertz CT molecular complexity index is 647. The first-order valence-corrected chi connectivity index (χ1v) is 7.73. The summed E-state index contributed by atoms with van der Waals surface area (Å²) in [5, 5.41) is 3.45. The second-order valence-electron chi connectivity index (χ2n) is 5.37. The zero-order chi connectivity index (χ0) is 16.7. The summed E-state index contributed by atoms with van der Waals surface area (Å²) in [7, 11) is 5.09. The summed E-state index contributed by atoms with van der Waals surface area (Å²) in [5.41, 5.74) is 3.38. The van der Waals surface area contributed by atoms with Crippen LogP contribution in [0.4, 0.5) is 0 Å². The van der Waals surface area contributed by atoms with Gasteiger partial charge in [-0.1, -0.05) is 18.2 Å². The molecule has 0 atom stereocenters. The summed E-state index contributed by atoms with van der Waals surface area (Å²) in [5.74, 6) is 2.71. The van der Waals surface area contributed by atoms with E-state index in [4.69, 9.17) is 14.2 Å². The zero-order valence-corrected chi connectivity index (χ0v) is 15.5. The zero-order valence-electron chi connectivity index (χ0n) is 14.7. The number of nitrogens with one attached hydrogen (secondary N) is 1. The van der Waals surface area contributed by atoms with Crippen LogP contribution in [0.2, 0.25) is 0 Å². The van der Waals surface area contributed by atoms with Crippen LogP contribution < -0.4 is 19.5 Å². The van der Waals surface area contributed by atoms with Crippen molar-refractivity contribution in [2.45, 2.75) is 19.9 Å². The van der Waals surface area contributed by atoms with Gasteiger partial charge >= 0.3 is 0 Å². The molecule has 0 aliphatic carbocycles. The normalized spacial score (nSPS) is 10.0. The third-order valence-electron chi connectivity index (χ3n) is 3.88. The van der Waals surface area contributed by atoms with Crippen LogP contribution in [0.3, 0.4) is 0 Å². The summed E-state index contributed by atoms with van der Waals surface area (Å²) >= 11 is 0. The lowest BCUT2D eigenvalue weighted by molar-refractivity contribution is 0.395. The molecule has 5 heteroatoms. The molecule has 2 rings (SSSR count). The van der Waals surface area contributed by atoms with Crippen molar-refractivity contribution in [3.8, 4) is 17.2 Å². The van der Waals surface area contributed by atoms with Crippen LogP contribution in [-0.4, -0.2) is 27.9 Å². The van der Waals surface area contributed by atoms with Gasteiger partial charge in [0.05, 0.1) is 21.3 Å². The topological polar surface area (TPSA) is 39.7 Å². The number of benzene rings is 2. The van der Waals surface area contributed by atoms with Crippen molar-refractivity contribution < 1.29 is 14.2 Å². The average molecular weight is 352 g/mol. The van der Waals surface area contributed by atoms with E-state index in [1.54, 1.807) is 21.3 Å². The minimum Gasteiger partial charge on any atom is -0.496 e. The van der Waals surface area contributed by atoms with E-state index >= 15 is 0 Å². The fraction of sp³-hybridized carbons (Fsp3) is 0.368. The Morgan fingerprint density at radius 1 is 0.833 bits per heavy atom. The molecule has 0 saturated carbocycles. The van der Waals surface area contributed by atoms with Crippen molar-refractivity contribution in [1.82, 2.24) is 5.32 Å². The number of rotatable bonds is 8. The van der Waals surface area contributed by atoms with Crippen molar-refractivity contribution in [3.05, 3.63) is 53.1 Å². The number of methoxy groups -OCH3 is 3. The molecule has 0 bridgehead atoms. The van der Waals surface area contributed by atoms with Gasteiger partial charge < -0.3 is 19.5 Å². The van der Waals surface area contributed by atoms with Gasteiger partial charge in [0.2, 0.25) is 0 Å². The summed E-state index contributed by atoms with van der Waals surface area (Å²) < 4.78 is 16.2. The molecular weight excluding hydrogens is 326 g/mol. The van der Waals surface area contributed by atoms with E-state index in [-0.39, 0.29) is 12.4 Å². The van der Waals surface area contributed by atoms with E-state index in [1.165, 1.54) is 0 Å². The number of halogens is 1. The molecule has 0 fully saturated rings. The van der Waals surface area contributed by atoms with Crippen LogP contribution in [-0.2, 0) is 13.0 Å². The first kappa shape index (κ1) is 20.1. The standard InChI is InChI=1S/C19H25NO3.ClH/c1-14-11-19(23-4)15(12-18(14)22-3)9-10-20-13-16-7-5-6-8-17(16)21-2;/h5-8,11-12,20H,9-10,13H2,1-4H3;1H. The maximum absolute atomic E-state index is 5.47. The number of aryl methyl sites for hydroxylation is 1. The highest BCUT2D eigenvalue weighted by atomic mass is 35.5. The summed E-state index contributed by atoms with van der Waals surface area (Å²) in [6.07, 6.45) is 0.870. The van der Waals surface area contributed by atoms with Crippen LogP contribution in [0.5, 0.6) is 17.2 Å². The molecular formula is C19H26ClNO3. The van der Waals surface area contributed by atoms with Crippen molar-refractivity contribution in [2.75, 3.05) is 27.9 Å². The van der Waals surface area contributed by atoms with E-state index in [0.717, 1.165) is 53.4 Å². The van der Waals surface area contributed by atoms with Crippen molar-refractivity contribution >= 4 is 12.4 Å². The highest BCUT2D eigenvalue weighted by Crippen LogP contribution is 2.28. The Balaban J connectivity index is 0.00000288. The fourth-order valence-electron chi connectivity index (χ4n) is 2.60. The highest BCUT2D eigenvalue weighted by molar-refractivity contribution is 5.85. The van der Waals surface area contributed by atoms with E-state index in [0.29, 0.717) is 0 Å². The van der Waals surface area contributed by atoms with Gasteiger partial charge in [-0.05, 0) is 49.2 Å². The molecule has 0 aliphatic heterocycles. The smallest absolute Gasteiger partial charge is 0.123 e. The fourth-order valence-corrected chi connectivity index (χ4v) is 2.60. The molecule has 0 radical (unpaired) electrons. The van der Waals surface area contributed by atoms with Crippen LogP contribution in [0.1, 0.15) is 16.7 Å². The minimum atomic E-state index is 0. The predicted octanol–water partition coefficient (Wildman–Crippen LogP) is 3.77. The molecule has 24 heavy (non-hydrogen) atoms. The van der Waals surface area contributed by atoms with Crippen LogP contribution >= 0.6 is 12.4 Å². The second kappa shape index (κ2) is 10.1. The lowest BCUT2D eigenvalue weighted by atomic mass is 10.1. The molecule has 0 unspecified atom stereocenters. The highest BCUT2D eigenvalue weighted by Gasteiger charge is 2.08. The molecule has 0 spiro atoms. The van der Waals surface area contributed by atoms with E-state index in [1.807, 2.05) is 31.2 Å². The number of para-hydroxylation sites is 1. The van der Waals surface area contributed by atoms with Gasteiger partial charge in [-0.2, -0.15) is 0 Å². The van der Waals surface area contributed by atoms with Crippen LogP contribution in [0, 0.1) is 6.92 Å². The lowest BCUT2D eigenvalue weighted by Gasteiger charge is -2.14. The molecule has 0 aromatic heterocycles. The van der Waals surface area contributed by atoms with E-state index < -0.39 is 0 Å². The maximum atomic E-state index is 5.47. The molecule has 0 saturated heterocycles. The van der Waals surface area contributed by atoms with E-state index in [9.17, 15) is 0 Å². The Morgan fingerprint density at radius 3 is 2.17 bits per heavy atom. The summed E-state index contributed by atoms with van der Waals surface area (Å²) in [6.45, 7) is 3.64. The first-order valence-electron chi connectivity index (χ1n) is 7.73. The SMILES string of the molecule is COc1cc(CCNCc2ccccc2OC)c(OC)cc1C.Cl. The predicted molar refractivity (Wildman–Crippen MR) is 99.9 cm³/mol. The van der Waals surface area contributed by atoms with Crippen molar-refractivity contribution in [3.63, 3.8) is 0 Å². The van der Waals surface area contributed by atoms with Gasteiger partial charge in [0.1, 0.15) is 17.2 Å². The van der Waals surface area contributed by atoms with Gasteiger partial charge in [-0.25, -0.2) is 0 Å². The van der Waals surface area contributed by atoms with Crippen molar-refractivity contribution in [1.29, 1.82) is 0 Å². The number of ether oxygens (including phenoxy) is 3. The van der Waals surface area contributed by atoms with Gasteiger partial charge in [-0.15, -0.1) is 12.4 Å². The molecule has 2 aromatic carbocycles. The summed E-state index contributed by atoms with van der Waals surface area (Å²) in [4.78, 5) is 0. The molecule has 0 amide bonds. The number of hydrogen-bond acceptors (Lipinski definition) is 4. The number of hydrogen-bond donors (Lipinski definition) is 1. The second-order valence-corrected chi connectivity index (χ2v) is 5.37. The van der Waals surface area contributed by atoms with E-state index in [2.05, 4.69) is 17.4 Å². The minimum absolute atomic E-state index is 0. The van der Waals surface area contributed by atoms with Gasteiger partial charge in [0.25, 0.3) is 0 Å². The molecule has 1 N–H and O–H groups in total. The van der Waals surface area contributed by atoms with Gasteiger partial charge in [0.15, 0.2) is 0 Å². The van der Waals surface area contributed by atoms with Crippen molar-refractivity contribution in [2.24, 2.45) is 0 Å². The third kappa shape index (κ3) is 5.05. The maximum Gasteiger partial charge on any atom is 0.123 e. The monoisotopic (exact) mass is 351 g/mol. The van der Waals surface area contributed by atoms with Gasteiger partial charge in [-0.3, -0.25) is 0 Å². The first-order chi connectivity index (χ1) is 11.2. The Labute approximate surface area is 150 Å². The molecule has 2 aromatic rings. The van der Waals surface area contributed by atoms with Gasteiger partial charge in [0, 0.05) is 12.1 Å². The molecule has 4 nitrogen and oxygen atoms in total. The third-order valence-corrected chi connectivity index (χ3v) is 3.88. The van der Waals surface area contributed by atoms with Crippen LogP contribution in [0.15, 0.2) is 36.4 Å². The Morgan fingerprint density at radius 2 is 1.50 bits per heavy atom. The Kier molecular flexibility index (Phi) is 8.44. The molecule has 132 valence electrons. The lowest BCUT2D eigenvalue weighted by Crippen LogP contribution is -2.17. The summed E-state index contributed by atoms with van der Waals surface area (Å²) in [6, 6.07) is 12.1.